The summed E-state index contributed by atoms with van der Waals surface area (Å²) in [5, 5.41) is 0. The van der Waals surface area contributed by atoms with E-state index in [2.05, 4.69) is 36.7 Å². The minimum atomic E-state index is 0.251. The Bertz CT molecular complexity index is 224. The van der Waals surface area contributed by atoms with Gasteiger partial charge in [-0.3, -0.25) is 0 Å². The molecule has 0 amide bonds. The van der Waals surface area contributed by atoms with Crippen LogP contribution >= 0.6 is 0 Å². The van der Waals surface area contributed by atoms with E-state index in [-0.39, 0.29) is 6.04 Å². The second kappa shape index (κ2) is 4.47. The molecule has 0 aliphatic heterocycles. The highest BCUT2D eigenvalue weighted by atomic mass is 15.0. The predicted octanol–water partition coefficient (Wildman–Crippen LogP) is 2.03. The zero-order chi connectivity index (χ0) is 9.84. The predicted molar refractivity (Wildman–Crippen MR) is 56.6 cm³/mol. The van der Waals surface area contributed by atoms with E-state index in [0.29, 0.717) is 5.92 Å². The van der Waals surface area contributed by atoms with E-state index in [1.165, 1.54) is 5.69 Å². The van der Waals surface area contributed by atoms with Gasteiger partial charge in [-0.15, -0.1) is 0 Å². The summed E-state index contributed by atoms with van der Waals surface area (Å²) in [7, 11) is 0. The van der Waals surface area contributed by atoms with Crippen LogP contribution in [0.15, 0.2) is 18.3 Å². The third-order valence-electron chi connectivity index (χ3n) is 2.02. The van der Waals surface area contributed by atoms with Crippen LogP contribution in [0.2, 0.25) is 0 Å². The van der Waals surface area contributed by atoms with E-state index in [1.807, 2.05) is 6.92 Å². The third kappa shape index (κ3) is 3.23. The van der Waals surface area contributed by atoms with Crippen molar-refractivity contribution in [2.45, 2.75) is 39.8 Å². The molecule has 0 saturated heterocycles. The van der Waals surface area contributed by atoms with Crippen molar-refractivity contribution in [2.24, 2.45) is 11.7 Å². The van der Waals surface area contributed by atoms with Crippen LogP contribution in [0.3, 0.4) is 0 Å². The Hall–Kier alpha value is -0.760. The lowest BCUT2D eigenvalue weighted by molar-refractivity contribution is 0.505. The van der Waals surface area contributed by atoms with Gasteiger partial charge in [0.05, 0.1) is 0 Å². The molecule has 1 aromatic rings. The summed E-state index contributed by atoms with van der Waals surface area (Å²) in [5.74, 6) is 0.694. The molecule has 1 rings (SSSR count). The van der Waals surface area contributed by atoms with Crippen molar-refractivity contribution in [2.75, 3.05) is 0 Å². The molecule has 0 spiro atoms. The van der Waals surface area contributed by atoms with Gasteiger partial charge < -0.3 is 10.3 Å². The quantitative estimate of drug-likeness (QED) is 0.755. The number of hydrogen-bond acceptors (Lipinski definition) is 1. The summed E-state index contributed by atoms with van der Waals surface area (Å²) in [4.78, 5) is 0. The van der Waals surface area contributed by atoms with Crippen LogP contribution in [-0.4, -0.2) is 10.6 Å². The summed E-state index contributed by atoms with van der Waals surface area (Å²) < 4.78 is 2.30. The first kappa shape index (κ1) is 10.3. The molecule has 1 aromatic heterocycles. The smallest absolute Gasteiger partial charge is 0.0245 e. The summed E-state index contributed by atoms with van der Waals surface area (Å²) >= 11 is 0. The molecule has 0 saturated carbocycles. The first-order chi connectivity index (χ1) is 6.09. The zero-order valence-corrected chi connectivity index (χ0v) is 8.83. The molecular weight excluding hydrogens is 160 g/mol. The van der Waals surface area contributed by atoms with E-state index < -0.39 is 0 Å². The van der Waals surface area contributed by atoms with Gasteiger partial charge in [0.25, 0.3) is 0 Å². The summed E-state index contributed by atoms with van der Waals surface area (Å²) in [6.07, 6.45) is 3.11. The van der Waals surface area contributed by atoms with Crippen molar-refractivity contribution >= 4 is 0 Å². The number of aromatic nitrogens is 1. The summed E-state index contributed by atoms with van der Waals surface area (Å²) in [6.45, 7) is 7.60. The van der Waals surface area contributed by atoms with Gasteiger partial charge in [-0.25, -0.2) is 0 Å². The Morgan fingerprint density at radius 3 is 2.62 bits per heavy atom. The average Bonchev–Trinajstić information content (AvgIpc) is 2.34. The second-order valence-electron chi connectivity index (χ2n) is 4.23. The monoisotopic (exact) mass is 180 g/mol. The Kier molecular flexibility index (Phi) is 3.55. The van der Waals surface area contributed by atoms with Gasteiger partial charge in [0.2, 0.25) is 0 Å². The van der Waals surface area contributed by atoms with Gasteiger partial charge in [0.1, 0.15) is 0 Å². The van der Waals surface area contributed by atoms with Crippen LogP contribution in [0, 0.1) is 5.92 Å². The van der Waals surface area contributed by atoms with E-state index >= 15 is 0 Å². The van der Waals surface area contributed by atoms with Crippen LogP contribution in [0.5, 0.6) is 0 Å². The zero-order valence-electron chi connectivity index (χ0n) is 8.83. The topological polar surface area (TPSA) is 30.9 Å². The molecular formula is C11H20N2. The lowest BCUT2D eigenvalue weighted by Gasteiger charge is -2.12. The fourth-order valence-corrected chi connectivity index (χ4v) is 1.54. The van der Waals surface area contributed by atoms with E-state index in [4.69, 9.17) is 5.73 Å². The van der Waals surface area contributed by atoms with E-state index in [0.717, 1.165) is 13.0 Å². The molecule has 2 nitrogen and oxygen atoms in total. The highest BCUT2D eigenvalue weighted by Gasteiger charge is 2.04. The highest BCUT2D eigenvalue weighted by Crippen LogP contribution is 2.08. The Morgan fingerprint density at radius 2 is 2.08 bits per heavy atom. The number of rotatable bonds is 4. The van der Waals surface area contributed by atoms with Crippen LogP contribution in [0.4, 0.5) is 0 Å². The lowest BCUT2D eigenvalue weighted by Crippen LogP contribution is -2.20. The third-order valence-corrected chi connectivity index (χ3v) is 2.02. The molecule has 1 heterocycles. The number of nitrogens with zero attached hydrogens (tertiary/aromatic N) is 1. The first-order valence-electron chi connectivity index (χ1n) is 4.99. The van der Waals surface area contributed by atoms with Crippen LogP contribution in [0.1, 0.15) is 26.5 Å². The van der Waals surface area contributed by atoms with Crippen molar-refractivity contribution < 1.29 is 0 Å². The van der Waals surface area contributed by atoms with Gasteiger partial charge in [-0.2, -0.15) is 0 Å². The average molecular weight is 180 g/mol. The SMILES string of the molecule is CC(C)Cn1cccc1CC(C)N. The molecule has 0 bridgehead atoms. The van der Waals surface area contributed by atoms with Gasteiger partial charge in [0.15, 0.2) is 0 Å². The van der Waals surface area contributed by atoms with Crippen LogP contribution < -0.4 is 5.73 Å². The molecule has 0 aromatic carbocycles. The van der Waals surface area contributed by atoms with Crippen molar-refractivity contribution in [1.29, 1.82) is 0 Å². The molecule has 2 heteroatoms. The van der Waals surface area contributed by atoms with Gasteiger partial charge >= 0.3 is 0 Å². The minimum Gasteiger partial charge on any atom is -0.351 e. The fraction of sp³-hybridized carbons (Fsp3) is 0.636. The van der Waals surface area contributed by atoms with Crippen molar-refractivity contribution in [3.63, 3.8) is 0 Å². The number of nitrogens with two attached hydrogens (primary N) is 1. The molecule has 0 aliphatic carbocycles. The molecule has 13 heavy (non-hydrogen) atoms. The maximum absolute atomic E-state index is 5.77. The lowest BCUT2D eigenvalue weighted by atomic mass is 10.2. The van der Waals surface area contributed by atoms with Crippen molar-refractivity contribution in [1.82, 2.24) is 4.57 Å². The largest absolute Gasteiger partial charge is 0.351 e. The normalized spacial score (nSPS) is 13.6. The Morgan fingerprint density at radius 1 is 1.38 bits per heavy atom. The molecule has 0 aliphatic rings. The van der Waals surface area contributed by atoms with Gasteiger partial charge in [-0.05, 0) is 25.0 Å². The molecule has 1 atom stereocenters. The standard InChI is InChI=1S/C11H20N2/c1-9(2)8-13-6-4-5-11(13)7-10(3)12/h4-6,9-10H,7-8,12H2,1-3H3. The first-order valence-corrected chi connectivity index (χ1v) is 4.99. The van der Waals surface area contributed by atoms with Gasteiger partial charge in [0, 0.05) is 30.9 Å². The van der Waals surface area contributed by atoms with E-state index in [9.17, 15) is 0 Å². The fourth-order valence-electron chi connectivity index (χ4n) is 1.54. The summed E-state index contributed by atoms with van der Waals surface area (Å²) in [5.41, 5.74) is 7.12. The maximum Gasteiger partial charge on any atom is 0.0245 e. The molecule has 0 fully saturated rings. The molecule has 2 N–H and O–H groups in total. The minimum absolute atomic E-state index is 0.251. The highest BCUT2D eigenvalue weighted by molar-refractivity contribution is 5.08. The van der Waals surface area contributed by atoms with Crippen LogP contribution in [0.25, 0.3) is 0 Å². The van der Waals surface area contributed by atoms with Crippen molar-refractivity contribution in [3.8, 4) is 0 Å². The number of hydrogen-bond donors (Lipinski definition) is 1. The molecule has 1 unspecified atom stereocenters. The van der Waals surface area contributed by atoms with Gasteiger partial charge in [-0.1, -0.05) is 13.8 Å². The van der Waals surface area contributed by atoms with Crippen LogP contribution in [-0.2, 0) is 13.0 Å². The Labute approximate surface area is 80.7 Å². The van der Waals surface area contributed by atoms with E-state index in [1.54, 1.807) is 0 Å². The second-order valence-corrected chi connectivity index (χ2v) is 4.23. The molecule has 0 radical (unpaired) electrons. The maximum atomic E-state index is 5.77. The van der Waals surface area contributed by atoms with Crippen molar-refractivity contribution in [3.05, 3.63) is 24.0 Å². The summed E-state index contributed by atoms with van der Waals surface area (Å²) in [6, 6.07) is 4.51. The molecule has 74 valence electrons. The Balaban J connectivity index is 2.65.